The fourth-order valence-corrected chi connectivity index (χ4v) is 1.20. The Morgan fingerprint density at radius 3 is 2.40 bits per heavy atom. The number of rotatable bonds is 11. The van der Waals surface area contributed by atoms with E-state index in [0.717, 1.165) is 45.3 Å². The quantitative estimate of drug-likeness (QED) is 0.393. The summed E-state index contributed by atoms with van der Waals surface area (Å²) in [7, 11) is 0. The normalized spacial score (nSPS) is 10.5. The molecule has 0 radical (unpaired) electrons. The molecule has 0 unspecified atom stereocenters. The Morgan fingerprint density at radius 2 is 1.73 bits per heavy atom. The number of Topliss-reactive ketones (excluding diaryl/α,β-unsaturated/α-hetero) is 1. The summed E-state index contributed by atoms with van der Waals surface area (Å²) in [6.07, 6.45) is 5.50. The fraction of sp³-hybridized carbons (Fsp3) is 0.917. The highest BCUT2D eigenvalue weighted by atomic mass is 16.7. The molecule has 0 saturated heterocycles. The Kier molecular flexibility index (Phi) is 11.3. The lowest BCUT2D eigenvalue weighted by molar-refractivity contribution is -0.118. The number of ketones is 1. The molecule has 15 heavy (non-hydrogen) atoms. The summed E-state index contributed by atoms with van der Waals surface area (Å²) in [4.78, 5) is 11.0. The van der Waals surface area contributed by atoms with Crippen LogP contribution in [0.25, 0.3) is 0 Å². The van der Waals surface area contributed by atoms with E-state index < -0.39 is 0 Å². The van der Waals surface area contributed by atoms with Gasteiger partial charge in [-0.3, -0.25) is 4.79 Å². The van der Waals surface area contributed by atoms with Crippen molar-refractivity contribution < 1.29 is 14.3 Å². The predicted molar refractivity (Wildman–Crippen MR) is 60.8 cm³/mol. The Morgan fingerprint density at radius 1 is 1.00 bits per heavy atom. The molecule has 90 valence electrons. The molecular formula is C12H24O3. The highest BCUT2D eigenvalue weighted by Crippen LogP contribution is 2.02. The van der Waals surface area contributed by atoms with Gasteiger partial charge in [0.1, 0.15) is 12.6 Å². The molecule has 0 aliphatic rings. The minimum atomic E-state index is 0.363. The molecule has 0 fully saturated rings. The van der Waals surface area contributed by atoms with Gasteiger partial charge in [-0.25, -0.2) is 0 Å². The van der Waals surface area contributed by atoms with Crippen LogP contribution in [0, 0.1) is 0 Å². The average molecular weight is 216 g/mol. The van der Waals surface area contributed by atoms with E-state index in [4.69, 9.17) is 9.47 Å². The standard InChI is InChI=1S/C12H24O3/c1-3-9-14-11-15-10-7-5-6-8-12(13)4-2/h3-11H2,1-2H3. The molecule has 0 atom stereocenters. The van der Waals surface area contributed by atoms with Gasteiger partial charge in [0.2, 0.25) is 0 Å². The second-order valence-electron chi connectivity index (χ2n) is 3.64. The molecule has 0 bridgehead atoms. The van der Waals surface area contributed by atoms with Crippen LogP contribution in [0.1, 0.15) is 52.4 Å². The second-order valence-corrected chi connectivity index (χ2v) is 3.64. The monoisotopic (exact) mass is 216 g/mol. The largest absolute Gasteiger partial charge is 0.355 e. The lowest BCUT2D eigenvalue weighted by Gasteiger charge is -2.04. The fourth-order valence-electron chi connectivity index (χ4n) is 1.20. The van der Waals surface area contributed by atoms with Gasteiger partial charge in [-0.1, -0.05) is 20.3 Å². The molecule has 0 aromatic carbocycles. The van der Waals surface area contributed by atoms with Crippen molar-refractivity contribution in [1.29, 1.82) is 0 Å². The number of carbonyl (C=O) groups is 1. The smallest absolute Gasteiger partial charge is 0.146 e. The van der Waals surface area contributed by atoms with Crippen LogP contribution in [0.2, 0.25) is 0 Å². The first-order chi connectivity index (χ1) is 7.31. The van der Waals surface area contributed by atoms with E-state index in [1.54, 1.807) is 0 Å². The second kappa shape index (κ2) is 11.7. The van der Waals surface area contributed by atoms with Crippen LogP contribution in [-0.2, 0) is 14.3 Å². The van der Waals surface area contributed by atoms with Crippen LogP contribution in [0.3, 0.4) is 0 Å². The summed E-state index contributed by atoms with van der Waals surface area (Å²) in [5.41, 5.74) is 0. The summed E-state index contributed by atoms with van der Waals surface area (Å²) >= 11 is 0. The summed E-state index contributed by atoms with van der Waals surface area (Å²) in [6.45, 7) is 5.90. The van der Waals surface area contributed by atoms with Gasteiger partial charge < -0.3 is 9.47 Å². The number of hydrogen-bond acceptors (Lipinski definition) is 3. The summed E-state index contributed by atoms with van der Waals surface area (Å²) in [6, 6.07) is 0. The van der Waals surface area contributed by atoms with Crippen molar-refractivity contribution in [3.8, 4) is 0 Å². The number of unbranched alkanes of at least 4 members (excludes halogenated alkanes) is 2. The predicted octanol–water partition coefficient (Wildman–Crippen LogP) is 2.93. The van der Waals surface area contributed by atoms with Crippen molar-refractivity contribution in [2.75, 3.05) is 20.0 Å². The average Bonchev–Trinajstić information content (AvgIpc) is 2.26. The maximum atomic E-state index is 11.0. The Balaban J connectivity index is 2.95. The highest BCUT2D eigenvalue weighted by Gasteiger charge is 1.97. The maximum absolute atomic E-state index is 11.0. The van der Waals surface area contributed by atoms with E-state index in [-0.39, 0.29) is 0 Å². The van der Waals surface area contributed by atoms with Gasteiger partial charge in [-0.05, 0) is 19.3 Å². The van der Waals surface area contributed by atoms with Gasteiger partial charge in [0.05, 0.1) is 0 Å². The van der Waals surface area contributed by atoms with Crippen molar-refractivity contribution in [3.63, 3.8) is 0 Å². The summed E-state index contributed by atoms with van der Waals surface area (Å²) < 4.78 is 10.4. The van der Waals surface area contributed by atoms with Crippen LogP contribution < -0.4 is 0 Å². The molecule has 0 amide bonds. The zero-order valence-corrected chi connectivity index (χ0v) is 10.1. The SMILES string of the molecule is CCCOCOCCCCCC(=O)CC. The van der Waals surface area contributed by atoms with Crippen LogP contribution in [0.5, 0.6) is 0 Å². The molecule has 0 spiro atoms. The molecule has 0 aliphatic heterocycles. The first-order valence-corrected chi connectivity index (χ1v) is 5.98. The molecule has 3 heteroatoms. The van der Waals surface area contributed by atoms with Gasteiger partial charge in [0.15, 0.2) is 0 Å². The lowest BCUT2D eigenvalue weighted by Crippen LogP contribution is -2.02. The van der Waals surface area contributed by atoms with E-state index in [9.17, 15) is 4.79 Å². The third-order valence-electron chi connectivity index (χ3n) is 2.15. The number of ether oxygens (including phenoxy) is 2. The number of carbonyl (C=O) groups excluding carboxylic acids is 1. The number of hydrogen-bond donors (Lipinski definition) is 0. The summed E-state index contributed by atoms with van der Waals surface area (Å²) in [5.74, 6) is 0.363. The molecule has 0 aliphatic carbocycles. The highest BCUT2D eigenvalue weighted by molar-refractivity contribution is 5.77. The van der Waals surface area contributed by atoms with E-state index in [0.29, 0.717) is 19.0 Å². The van der Waals surface area contributed by atoms with Gasteiger partial charge in [0.25, 0.3) is 0 Å². The molecule has 0 aromatic heterocycles. The van der Waals surface area contributed by atoms with E-state index >= 15 is 0 Å². The van der Waals surface area contributed by atoms with Gasteiger partial charge in [-0.15, -0.1) is 0 Å². The summed E-state index contributed by atoms with van der Waals surface area (Å²) in [5, 5.41) is 0. The zero-order valence-electron chi connectivity index (χ0n) is 10.1. The topological polar surface area (TPSA) is 35.5 Å². The van der Waals surface area contributed by atoms with Crippen molar-refractivity contribution >= 4 is 5.78 Å². The molecule has 0 N–H and O–H groups in total. The molecule has 0 saturated carbocycles. The van der Waals surface area contributed by atoms with Crippen molar-refractivity contribution in [3.05, 3.63) is 0 Å². The zero-order chi connectivity index (χ0) is 11.4. The van der Waals surface area contributed by atoms with E-state index in [2.05, 4.69) is 6.92 Å². The Labute approximate surface area is 93.1 Å². The first kappa shape index (κ1) is 14.6. The Bertz CT molecular complexity index is 146. The van der Waals surface area contributed by atoms with Crippen LogP contribution in [0.4, 0.5) is 0 Å². The molecule has 0 aromatic rings. The Hall–Kier alpha value is -0.410. The first-order valence-electron chi connectivity index (χ1n) is 5.98. The van der Waals surface area contributed by atoms with Crippen LogP contribution >= 0.6 is 0 Å². The molecule has 3 nitrogen and oxygen atoms in total. The van der Waals surface area contributed by atoms with Gasteiger partial charge in [-0.2, -0.15) is 0 Å². The third-order valence-corrected chi connectivity index (χ3v) is 2.15. The lowest BCUT2D eigenvalue weighted by atomic mass is 10.1. The van der Waals surface area contributed by atoms with Gasteiger partial charge in [0, 0.05) is 26.1 Å². The van der Waals surface area contributed by atoms with Crippen LogP contribution in [0.15, 0.2) is 0 Å². The molecular weight excluding hydrogens is 192 g/mol. The van der Waals surface area contributed by atoms with Crippen molar-refractivity contribution in [2.45, 2.75) is 52.4 Å². The van der Waals surface area contributed by atoms with Gasteiger partial charge >= 0.3 is 0 Å². The van der Waals surface area contributed by atoms with Crippen LogP contribution in [-0.4, -0.2) is 25.8 Å². The third kappa shape index (κ3) is 11.5. The molecule has 0 rings (SSSR count). The minimum absolute atomic E-state index is 0.363. The minimum Gasteiger partial charge on any atom is -0.355 e. The van der Waals surface area contributed by atoms with Crippen molar-refractivity contribution in [1.82, 2.24) is 0 Å². The van der Waals surface area contributed by atoms with E-state index in [1.165, 1.54) is 0 Å². The van der Waals surface area contributed by atoms with Crippen molar-refractivity contribution in [2.24, 2.45) is 0 Å². The maximum Gasteiger partial charge on any atom is 0.146 e. The van der Waals surface area contributed by atoms with E-state index in [1.807, 2.05) is 6.92 Å². The molecule has 0 heterocycles.